The number of nitrogens with two attached hydrogens (primary N) is 1. The minimum atomic E-state index is -0.565. The number of ether oxygens (including phenoxy) is 2. The maximum Gasteiger partial charge on any atom is 0.325 e. The highest BCUT2D eigenvalue weighted by molar-refractivity contribution is 6.01. The monoisotopic (exact) mass is 362 g/mol. The van der Waals surface area contributed by atoms with Crippen molar-refractivity contribution in [1.82, 2.24) is 10.2 Å². The van der Waals surface area contributed by atoms with Crippen LogP contribution >= 0.6 is 0 Å². The molecule has 3 rings (SSSR count). The van der Waals surface area contributed by atoms with E-state index in [0.717, 1.165) is 25.9 Å². The number of imide groups is 1. The number of amides is 3. The summed E-state index contributed by atoms with van der Waals surface area (Å²) in [7, 11) is 0. The molecule has 0 bridgehead atoms. The summed E-state index contributed by atoms with van der Waals surface area (Å²) in [6.45, 7) is 5.64. The molecule has 0 spiro atoms. The Morgan fingerprint density at radius 3 is 2.77 bits per heavy atom. The number of nitrogens with zero attached hydrogens (tertiary/aromatic N) is 1. The van der Waals surface area contributed by atoms with E-state index in [1.807, 2.05) is 4.90 Å². The van der Waals surface area contributed by atoms with Crippen molar-refractivity contribution in [2.45, 2.75) is 19.8 Å². The molecule has 3 amide bonds. The Labute approximate surface area is 153 Å². The van der Waals surface area contributed by atoms with Crippen molar-refractivity contribution >= 4 is 17.6 Å². The summed E-state index contributed by atoms with van der Waals surface area (Å²) in [5.41, 5.74) is 6.36. The van der Waals surface area contributed by atoms with Gasteiger partial charge in [0.1, 0.15) is 0 Å². The molecule has 4 N–H and O–H groups in total. The fourth-order valence-corrected chi connectivity index (χ4v) is 3.20. The van der Waals surface area contributed by atoms with Gasteiger partial charge in [-0.15, -0.1) is 0 Å². The van der Waals surface area contributed by atoms with Gasteiger partial charge < -0.3 is 20.5 Å². The van der Waals surface area contributed by atoms with Gasteiger partial charge in [0.15, 0.2) is 11.5 Å². The molecule has 0 saturated carbocycles. The summed E-state index contributed by atoms with van der Waals surface area (Å²) < 4.78 is 11.1. The maximum absolute atomic E-state index is 12.1. The molecule has 2 aliphatic heterocycles. The first kappa shape index (κ1) is 18.5. The van der Waals surface area contributed by atoms with E-state index in [4.69, 9.17) is 15.2 Å². The number of carbonyl (C=O) groups is 2. The minimum absolute atomic E-state index is 0.0481. The fraction of sp³-hybridized carbons (Fsp3) is 0.556. The molecule has 0 aliphatic carbocycles. The van der Waals surface area contributed by atoms with Gasteiger partial charge >= 0.3 is 6.03 Å². The van der Waals surface area contributed by atoms with Crippen LogP contribution in [0.3, 0.4) is 0 Å². The zero-order valence-electron chi connectivity index (χ0n) is 15.0. The van der Waals surface area contributed by atoms with Crippen LogP contribution in [0.2, 0.25) is 0 Å². The number of hydrogen-bond acceptors (Lipinski definition) is 6. The number of nitrogens with one attached hydrogen (secondary N) is 2. The van der Waals surface area contributed by atoms with Gasteiger partial charge in [-0.1, -0.05) is 6.92 Å². The van der Waals surface area contributed by atoms with E-state index >= 15 is 0 Å². The molecule has 1 aromatic rings. The largest absolute Gasteiger partial charge is 0.490 e. The molecule has 1 saturated heterocycles. The van der Waals surface area contributed by atoms with E-state index in [0.29, 0.717) is 36.9 Å². The maximum atomic E-state index is 12.1. The molecule has 1 fully saturated rings. The molecule has 26 heavy (non-hydrogen) atoms. The molecular formula is C18H26N4O4. The molecule has 1 aromatic carbocycles. The summed E-state index contributed by atoms with van der Waals surface area (Å²) in [5, 5.41) is 5.01. The first-order valence-corrected chi connectivity index (χ1v) is 8.90. The lowest BCUT2D eigenvalue weighted by Crippen LogP contribution is -2.42. The molecule has 0 aromatic heterocycles. The van der Waals surface area contributed by atoms with Crippen LogP contribution in [0.5, 0.6) is 11.5 Å². The highest BCUT2D eigenvalue weighted by atomic mass is 16.5. The quantitative estimate of drug-likeness (QED) is 0.742. The first-order chi connectivity index (χ1) is 12.5. The van der Waals surface area contributed by atoms with Gasteiger partial charge in [-0.2, -0.15) is 0 Å². The standard InChI is InChI=1S/C18H26N4O4/c1-18(11-19)5-6-22(12-18)10-16(23)21-17(24)20-13-3-4-14-15(9-13)26-8-2-7-25-14/h3-4,9H,2,5-8,10-12,19H2,1H3,(H2,20,21,23,24). The minimum Gasteiger partial charge on any atom is -0.490 e. The highest BCUT2D eigenvalue weighted by Crippen LogP contribution is 2.32. The van der Waals surface area contributed by atoms with Crippen molar-refractivity contribution < 1.29 is 19.1 Å². The van der Waals surface area contributed by atoms with Gasteiger partial charge in [-0.3, -0.25) is 15.0 Å². The number of carbonyl (C=O) groups excluding carboxylic acids is 2. The smallest absolute Gasteiger partial charge is 0.325 e. The molecule has 0 radical (unpaired) electrons. The van der Waals surface area contributed by atoms with Crippen molar-refractivity contribution in [2.24, 2.45) is 11.1 Å². The third-order valence-corrected chi connectivity index (χ3v) is 4.76. The van der Waals surface area contributed by atoms with Gasteiger partial charge in [0, 0.05) is 24.7 Å². The number of likely N-dealkylation sites (tertiary alicyclic amines) is 1. The number of fused-ring (bicyclic) bond motifs is 1. The lowest BCUT2D eigenvalue weighted by atomic mass is 9.90. The van der Waals surface area contributed by atoms with Gasteiger partial charge in [0.2, 0.25) is 5.91 Å². The Morgan fingerprint density at radius 2 is 2.04 bits per heavy atom. The van der Waals surface area contributed by atoms with Crippen LogP contribution in [0.1, 0.15) is 19.8 Å². The average Bonchev–Trinajstić information content (AvgIpc) is 2.82. The molecular weight excluding hydrogens is 336 g/mol. The Hall–Kier alpha value is -2.32. The molecule has 8 heteroatoms. The third-order valence-electron chi connectivity index (χ3n) is 4.76. The zero-order chi connectivity index (χ0) is 18.6. The van der Waals surface area contributed by atoms with Crippen LogP contribution in [0, 0.1) is 5.41 Å². The second-order valence-corrected chi connectivity index (χ2v) is 7.19. The van der Waals surface area contributed by atoms with Gasteiger partial charge in [0.25, 0.3) is 0 Å². The van der Waals surface area contributed by atoms with E-state index in [-0.39, 0.29) is 17.9 Å². The fourth-order valence-electron chi connectivity index (χ4n) is 3.20. The van der Waals surface area contributed by atoms with Crippen LogP contribution in [0.25, 0.3) is 0 Å². The Bertz CT molecular complexity index is 681. The van der Waals surface area contributed by atoms with Crippen LogP contribution < -0.4 is 25.8 Å². The predicted octanol–water partition coefficient (Wildman–Crippen LogP) is 1.17. The van der Waals surface area contributed by atoms with E-state index in [9.17, 15) is 9.59 Å². The number of urea groups is 1. The predicted molar refractivity (Wildman–Crippen MR) is 97.4 cm³/mol. The molecule has 1 unspecified atom stereocenters. The summed E-state index contributed by atoms with van der Waals surface area (Å²) >= 11 is 0. The summed E-state index contributed by atoms with van der Waals surface area (Å²) in [4.78, 5) is 26.2. The topological polar surface area (TPSA) is 106 Å². The molecule has 1 atom stereocenters. The Kier molecular flexibility index (Phi) is 5.63. The second-order valence-electron chi connectivity index (χ2n) is 7.19. The van der Waals surface area contributed by atoms with Gasteiger partial charge in [0.05, 0.1) is 19.8 Å². The molecule has 142 valence electrons. The number of rotatable bonds is 4. The lowest BCUT2D eigenvalue weighted by Gasteiger charge is -2.22. The molecule has 2 aliphatic rings. The van der Waals surface area contributed by atoms with Gasteiger partial charge in [-0.25, -0.2) is 4.79 Å². The van der Waals surface area contributed by atoms with Crippen molar-refractivity contribution in [2.75, 3.05) is 44.7 Å². The van der Waals surface area contributed by atoms with Crippen LogP contribution in [0.4, 0.5) is 10.5 Å². The zero-order valence-corrected chi connectivity index (χ0v) is 15.0. The van der Waals surface area contributed by atoms with Crippen molar-refractivity contribution in [1.29, 1.82) is 0 Å². The lowest BCUT2D eigenvalue weighted by molar-refractivity contribution is -0.120. The number of hydrogen-bond donors (Lipinski definition) is 3. The van der Waals surface area contributed by atoms with E-state index in [1.165, 1.54) is 0 Å². The Morgan fingerprint density at radius 1 is 1.27 bits per heavy atom. The SMILES string of the molecule is CC1(CN)CCN(CC(=O)NC(=O)Nc2ccc3c(c2)OCCCO3)C1. The summed E-state index contributed by atoms with van der Waals surface area (Å²) in [5.74, 6) is 0.907. The van der Waals surface area contributed by atoms with E-state index in [2.05, 4.69) is 17.6 Å². The van der Waals surface area contributed by atoms with Crippen LogP contribution in [0.15, 0.2) is 18.2 Å². The number of benzene rings is 1. The summed E-state index contributed by atoms with van der Waals surface area (Å²) in [6.07, 6.45) is 1.77. The number of anilines is 1. The first-order valence-electron chi connectivity index (χ1n) is 8.90. The van der Waals surface area contributed by atoms with E-state index < -0.39 is 6.03 Å². The van der Waals surface area contributed by atoms with Gasteiger partial charge in [-0.05, 0) is 37.1 Å². The van der Waals surface area contributed by atoms with Crippen LogP contribution in [-0.4, -0.2) is 56.2 Å². The van der Waals surface area contributed by atoms with Crippen molar-refractivity contribution in [3.8, 4) is 11.5 Å². The van der Waals surface area contributed by atoms with E-state index in [1.54, 1.807) is 18.2 Å². The van der Waals surface area contributed by atoms with Crippen molar-refractivity contribution in [3.05, 3.63) is 18.2 Å². The molecule has 8 nitrogen and oxygen atoms in total. The van der Waals surface area contributed by atoms with Crippen LogP contribution in [-0.2, 0) is 4.79 Å². The summed E-state index contributed by atoms with van der Waals surface area (Å²) in [6, 6.07) is 4.59. The normalized spacial score (nSPS) is 22.5. The average molecular weight is 362 g/mol. The highest BCUT2D eigenvalue weighted by Gasteiger charge is 2.33. The Balaban J connectivity index is 1.49. The molecule has 2 heterocycles. The third kappa shape index (κ3) is 4.64. The second kappa shape index (κ2) is 7.92. The van der Waals surface area contributed by atoms with Crippen molar-refractivity contribution in [3.63, 3.8) is 0 Å².